The maximum absolute atomic E-state index is 13.2. The van der Waals surface area contributed by atoms with Crippen molar-refractivity contribution in [2.45, 2.75) is 6.54 Å². The van der Waals surface area contributed by atoms with Crippen LogP contribution in [-0.4, -0.2) is 17.9 Å². The highest BCUT2D eigenvalue weighted by Crippen LogP contribution is 2.20. The van der Waals surface area contributed by atoms with Crippen molar-refractivity contribution in [2.75, 3.05) is 7.05 Å². The zero-order chi connectivity index (χ0) is 14.7. The number of rotatable bonds is 3. The summed E-state index contributed by atoms with van der Waals surface area (Å²) < 4.78 is 26.6. The Kier molecular flexibility index (Phi) is 4.49. The first-order chi connectivity index (χ1) is 9.47. The molecular formula is C15H12BrF2NO. The summed E-state index contributed by atoms with van der Waals surface area (Å²) in [5.41, 5.74) is 1.06. The lowest BCUT2D eigenvalue weighted by atomic mass is 10.1. The molecule has 1 amide bonds. The number of carbonyl (C=O) groups excluding carboxylic acids is 1. The lowest BCUT2D eigenvalue weighted by Crippen LogP contribution is -2.26. The van der Waals surface area contributed by atoms with E-state index in [2.05, 4.69) is 15.9 Å². The van der Waals surface area contributed by atoms with Crippen LogP contribution in [0.4, 0.5) is 8.78 Å². The Labute approximate surface area is 124 Å². The minimum absolute atomic E-state index is 0.259. The number of benzene rings is 2. The van der Waals surface area contributed by atoms with Crippen LogP contribution in [0.5, 0.6) is 0 Å². The maximum atomic E-state index is 13.2. The molecule has 0 heterocycles. The highest BCUT2D eigenvalue weighted by atomic mass is 79.9. The van der Waals surface area contributed by atoms with E-state index in [0.717, 1.165) is 5.56 Å². The molecule has 0 unspecified atom stereocenters. The fraction of sp³-hybridized carbons (Fsp3) is 0.133. The molecule has 0 saturated carbocycles. The fourth-order valence-electron chi connectivity index (χ4n) is 1.80. The van der Waals surface area contributed by atoms with Gasteiger partial charge in [-0.3, -0.25) is 4.79 Å². The van der Waals surface area contributed by atoms with Crippen molar-refractivity contribution in [1.82, 2.24) is 4.90 Å². The molecule has 104 valence electrons. The van der Waals surface area contributed by atoms with Gasteiger partial charge in [0.25, 0.3) is 5.91 Å². The van der Waals surface area contributed by atoms with E-state index in [1.54, 1.807) is 19.2 Å². The number of hydrogen-bond acceptors (Lipinski definition) is 1. The van der Waals surface area contributed by atoms with Crippen LogP contribution in [-0.2, 0) is 6.54 Å². The number of amides is 1. The van der Waals surface area contributed by atoms with E-state index in [1.165, 1.54) is 35.2 Å². The van der Waals surface area contributed by atoms with E-state index in [1.807, 2.05) is 0 Å². The Morgan fingerprint density at radius 1 is 1.10 bits per heavy atom. The Bertz CT molecular complexity index is 628. The number of halogens is 3. The van der Waals surface area contributed by atoms with Crippen LogP contribution in [0.3, 0.4) is 0 Å². The van der Waals surface area contributed by atoms with Crippen LogP contribution in [0.2, 0.25) is 0 Å². The zero-order valence-corrected chi connectivity index (χ0v) is 12.3. The average Bonchev–Trinajstić information content (AvgIpc) is 2.43. The number of carbonyl (C=O) groups is 1. The Morgan fingerprint density at radius 3 is 2.35 bits per heavy atom. The van der Waals surface area contributed by atoms with Crippen molar-refractivity contribution in [1.29, 1.82) is 0 Å². The third kappa shape index (κ3) is 3.42. The molecule has 0 N–H and O–H groups in total. The van der Waals surface area contributed by atoms with Gasteiger partial charge < -0.3 is 4.90 Å². The second-order valence-electron chi connectivity index (χ2n) is 4.41. The van der Waals surface area contributed by atoms with E-state index >= 15 is 0 Å². The predicted octanol–water partition coefficient (Wildman–Crippen LogP) is 4.00. The molecule has 2 rings (SSSR count). The third-order valence-electron chi connectivity index (χ3n) is 2.84. The minimum atomic E-state index is -0.466. The molecule has 2 aromatic rings. The van der Waals surface area contributed by atoms with Gasteiger partial charge in [-0.1, -0.05) is 12.1 Å². The SMILES string of the molecule is CN(Cc1ccc(F)cc1)C(=O)c1cc(F)ccc1Br. The lowest BCUT2D eigenvalue weighted by Gasteiger charge is -2.18. The Balaban J connectivity index is 2.16. The van der Waals surface area contributed by atoms with E-state index in [4.69, 9.17) is 0 Å². The molecule has 0 radical (unpaired) electrons. The largest absolute Gasteiger partial charge is 0.337 e. The van der Waals surface area contributed by atoms with Crippen LogP contribution in [0.1, 0.15) is 15.9 Å². The Hall–Kier alpha value is -1.75. The van der Waals surface area contributed by atoms with Crippen LogP contribution in [0.25, 0.3) is 0 Å². The van der Waals surface area contributed by atoms with Gasteiger partial charge in [-0.2, -0.15) is 0 Å². The quantitative estimate of drug-likeness (QED) is 0.827. The molecule has 20 heavy (non-hydrogen) atoms. The van der Waals surface area contributed by atoms with Crippen molar-refractivity contribution in [3.05, 3.63) is 69.7 Å². The highest BCUT2D eigenvalue weighted by molar-refractivity contribution is 9.10. The standard InChI is InChI=1S/C15H12BrF2NO/c1-19(9-10-2-4-11(17)5-3-10)15(20)13-8-12(18)6-7-14(13)16/h2-8H,9H2,1H3. The van der Waals surface area contributed by atoms with Gasteiger partial charge in [-0.15, -0.1) is 0 Å². The summed E-state index contributed by atoms with van der Waals surface area (Å²) in [6.07, 6.45) is 0. The molecule has 0 aliphatic heterocycles. The Morgan fingerprint density at radius 2 is 1.70 bits per heavy atom. The molecule has 2 nitrogen and oxygen atoms in total. The molecule has 0 spiro atoms. The van der Waals surface area contributed by atoms with Crippen molar-refractivity contribution < 1.29 is 13.6 Å². The van der Waals surface area contributed by atoms with Gasteiger partial charge in [0.2, 0.25) is 0 Å². The predicted molar refractivity (Wildman–Crippen MR) is 76.3 cm³/mol. The van der Waals surface area contributed by atoms with Crippen molar-refractivity contribution in [3.63, 3.8) is 0 Å². The van der Waals surface area contributed by atoms with Crippen LogP contribution >= 0.6 is 15.9 Å². The lowest BCUT2D eigenvalue weighted by molar-refractivity contribution is 0.0783. The summed E-state index contributed by atoms with van der Waals surface area (Å²) >= 11 is 3.23. The van der Waals surface area contributed by atoms with Gasteiger partial charge in [0, 0.05) is 18.1 Å². The second kappa shape index (κ2) is 6.13. The summed E-state index contributed by atoms with van der Waals surface area (Å²) in [4.78, 5) is 13.7. The molecule has 5 heteroatoms. The van der Waals surface area contributed by atoms with Gasteiger partial charge >= 0.3 is 0 Å². The molecular weight excluding hydrogens is 328 g/mol. The summed E-state index contributed by atoms with van der Waals surface area (Å²) in [5.74, 6) is -1.09. The highest BCUT2D eigenvalue weighted by Gasteiger charge is 2.16. The molecule has 2 aromatic carbocycles. The van der Waals surface area contributed by atoms with Gasteiger partial charge in [0.15, 0.2) is 0 Å². The average molecular weight is 340 g/mol. The van der Waals surface area contributed by atoms with E-state index in [9.17, 15) is 13.6 Å². The maximum Gasteiger partial charge on any atom is 0.255 e. The fourth-order valence-corrected chi connectivity index (χ4v) is 2.22. The van der Waals surface area contributed by atoms with E-state index in [-0.39, 0.29) is 17.3 Å². The molecule has 0 saturated heterocycles. The zero-order valence-electron chi connectivity index (χ0n) is 10.7. The first-order valence-electron chi connectivity index (χ1n) is 5.92. The molecule has 0 fully saturated rings. The van der Waals surface area contributed by atoms with E-state index in [0.29, 0.717) is 11.0 Å². The number of hydrogen-bond donors (Lipinski definition) is 0. The van der Waals surface area contributed by atoms with E-state index < -0.39 is 5.82 Å². The smallest absolute Gasteiger partial charge is 0.255 e. The molecule has 0 bridgehead atoms. The summed E-state index contributed by atoms with van der Waals surface area (Å²) in [6.45, 7) is 0.321. The van der Waals surface area contributed by atoms with Crippen molar-refractivity contribution >= 4 is 21.8 Å². The summed E-state index contributed by atoms with van der Waals surface area (Å²) in [6, 6.07) is 9.86. The van der Waals surface area contributed by atoms with Crippen molar-refractivity contribution in [2.24, 2.45) is 0 Å². The summed E-state index contributed by atoms with van der Waals surface area (Å²) in [7, 11) is 1.61. The second-order valence-corrected chi connectivity index (χ2v) is 5.27. The molecule has 0 aliphatic carbocycles. The molecule has 0 aliphatic rings. The third-order valence-corrected chi connectivity index (χ3v) is 3.53. The summed E-state index contributed by atoms with van der Waals surface area (Å²) in [5, 5.41) is 0. The molecule has 0 atom stereocenters. The van der Waals surface area contributed by atoms with Gasteiger partial charge in [0.1, 0.15) is 11.6 Å². The monoisotopic (exact) mass is 339 g/mol. The first kappa shape index (κ1) is 14.7. The minimum Gasteiger partial charge on any atom is -0.337 e. The van der Waals surface area contributed by atoms with Crippen LogP contribution in [0.15, 0.2) is 46.9 Å². The number of nitrogens with zero attached hydrogens (tertiary/aromatic N) is 1. The van der Waals surface area contributed by atoms with Gasteiger partial charge in [0.05, 0.1) is 5.56 Å². The first-order valence-corrected chi connectivity index (χ1v) is 6.71. The molecule has 0 aromatic heterocycles. The topological polar surface area (TPSA) is 20.3 Å². The van der Waals surface area contributed by atoms with Crippen LogP contribution < -0.4 is 0 Å². The van der Waals surface area contributed by atoms with Crippen LogP contribution in [0, 0.1) is 11.6 Å². The van der Waals surface area contributed by atoms with Gasteiger partial charge in [-0.05, 0) is 51.8 Å². The van der Waals surface area contributed by atoms with Gasteiger partial charge in [-0.25, -0.2) is 8.78 Å². The van der Waals surface area contributed by atoms with Crippen molar-refractivity contribution in [3.8, 4) is 0 Å². The normalized spacial score (nSPS) is 10.4.